The van der Waals surface area contributed by atoms with Crippen LogP contribution in [0.1, 0.15) is 45.2 Å². The van der Waals surface area contributed by atoms with Gasteiger partial charge in [-0.25, -0.2) is 14.5 Å². The fraction of sp³-hybridized carbons (Fsp3) is 0.261. The molecule has 1 aromatic carbocycles. The predicted molar refractivity (Wildman–Crippen MR) is 119 cm³/mol. The number of ether oxygens (including phenoxy) is 1. The van der Waals surface area contributed by atoms with Crippen molar-refractivity contribution in [2.45, 2.75) is 38.8 Å². The number of esters is 1. The second-order valence-electron chi connectivity index (χ2n) is 7.66. The van der Waals surface area contributed by atoms with Crippen LogP contribution in [-0.4, -0.2) is 25.1 Å². The van der Waals surface area contributed by atoms with E-state index in [0.717, 1.165) is 36.9 Å². The molecule has 5 rings (SSSR count). The molecule has 162 valence electrons. The quantitative estimate of drug-likeness (QED) is 0.436. The van der Waals surface area contributed by atoms with Crippen LogP contribution in [0, 0.1) is 0 Å². The van der Waals surface area contributed by atoms with Crippen LogP contribution in [0.5, 0.6) is 0 Å². The molecule has 0 spiro atoms. The molecule has 1 aliphatic rings. The Morgan fingerprint density at radius 3 is 2.69 bits per heavy atom. The van der Waals surface area contributed by atoms with E-state index < -0.39 is 5.97 Å². The fourth-order valence-corrected chi connectivity index (χ4v) is 5.09. The lowest BCUT2D eigenvalue weighted by molar-refractivity contribution is 0.0457. The number of carbonyl (C=O) groups excluding carboxylic acids is 1. The zero-order valence-electron chi connectivity index (χ0n) is 17.2. The van der Waals surface area contributed by atoms with Crippen LogP contribution in [0.2, 0.25) is 0 Å². The lowest BCUT2D eigenvalue weighted by Gasteiger charge is -2.10. The number of rotatable bonds is 5. The normalized spacial score (nSPS) is 13.1. The van der Waals surface area contributed by atoms with E-state index >= 15 is 0 Å². The average molecular weight is 449 g/mol. The molecule has 0 fully saturated rings. The summed E-state index contributed by atoms with van der Waals surface area (Å²) in [7, 11) is 0. The third-order valence-corrected chi connectivity index (χ3v) is 6.56. The van der Waals surface area contributed by atoms with Crippen LogP contribution >= 0.6 is 11.3 Å². The zero-order valence-corrected chi connectivity index (χ0v) is 18.0. The van der Waals surface area contributed by atoms with Crippen molar-refractivity contribution in [1.82, 2.24) is 19.2 Å². The van der Waals surface area contributed by atoms with E-state index in [-0.39, 0.29) is 30.0 Å². The van der Waals surface area contributed by atoms with Gasteiger partial charge in [-0.2, -0.15) is 5.10 Å². The van der Waals surface area contributed by atoms with Gasteiger partial charge in [-0.05, 0) is 37.3 Å². The molecule has 0 unspecified atom stereocenters. The van der Waals surface area contributed by atoms with Crippen molar-refractivity contribution >= 4 is 22.3 Å². The van der Waals surface area contributed by atoms with Gasteiger partial charge in [0, 0.05) is 22.7 Å². The molecule has 0 saturated carbocycles. The van der Waals surface area contributed by atoms with Crippen LogP contribution < -0.4 is 11.1 Å². The zero-order chi connectivity index (χ0) is 22.1. The highest BCUT2D eigenvalue weighted by molar-refractivity contribution is 7.17. The Labute approximate surface area is 186 Å². The summed E-state index contributed by atoms with van der Waals surface area (Å²) in [5.41, 5.74) is 1.89. The second kappa shape index (κ2) is 8.51. The van der Waals surface area contributed by atoms with Crippen molar-refractivity contribution in [2.75, 3.05) is 0 Å². The lowest BCUT2D eigenvalue weighted by atomic mass is 10.0. The van der Waals surface area contributed by atoms with Gasteiger partial charge in [0.05, 0.1) is 12.2 Å². The molecule has 4 aromatic rings. The summed E-state index contributed by atoms with van der Waals surface area (Å²) in [6, 6.07) is 13.4. The van der Waals surface area contributed by atoms with Crippen LogP contribution in [0.3, 0.4) is 0 Å². The van der Waals surface area contributed by atoms with Crippen LogP contribution in [0.4, 0.5) is 0 Å². The van der Waals surface area contributed by atoms with E-state index in [1.165, 1.54) is 39.1 Å². The maximum absolute atomic E-state index is 12.6. The summed E-state index contributed by atoms with van der Waals surface area (Å²) < 4.78 is 8.24. The maximum Gasteiger partial charge on any atom is 0.359 e. The van der Waals surface area contributed by atoms with Gasteiger partial charge >= 0.3 is 5.97 Å². The molecule has 0 bridgehead atoms. The number of thiazole rings is 1. The van der Waals surface area contributed by atoms with Crippen molar-refractivity contribution in [1.29, 1.82) is 0 Å². The molecule has 1 aliphatic carbocycles. The molecular formula is C23H20N4O4S. The first kappa shape index (κ1) is 20.3. The molecule has 8 nitrogen and oxygen atoms in total. The number of hydrogen-bond acceptors (Lipinski definition) is 7. The number of benzene rings is 1. The number of aromatic nitrogens is 4. The Kier molecular flexibility index (Phi) is 5.40. The predicted octanol–water partition coefficient (Wildman–Crippen LogP) is 2.60. The van der Waals surface area contributed by atoms with Crippen LogP contribution in [-0.2, 0) is 30.7 Å². The van der Waals surface area contributed by atoms with Gasteiger partial charge in [0.25, 0.3) is 11.1 Å². The van der Waals surface area contributed by atoms with E-state index in [4.69, 9.17) is 4.74 Å². The Hall–Kier alpha value is -3.59. The van der Waals surface area contributed by atoms with E-state index in [1.807, 2.05) is 30.3 Å². The van der Waals surface area contributed by atoms with Gasteiger partial charge < -0.3 is 4.74 Å². The van der Waals surface area contributed by atoms with E-state index in [9.17, 15) is 14.4 Å². The molecule has 0 N–H and O–H groups in total. The highest BCUT2D eigenvalue weighted by Crippen LogP contribution is 2.28. The monoisotopic (exact) mass is 448 g/mol. The Morgan fingerprint density at radius 1 is 1.03 bits per heavy atom. The molecule has 32 heavy (non-hydrogen) atoms. The fourth-order valence-electron chi connectivity index (χ4n) is 3.86. The Bertz CT molecular complexity index is 1420. The largest absolute Gasteiger partial charge is 0.454 e. The van der Waals surface area contributed by atoms with Crippen molar-refractivity contribution in [2.24, 2.45) is 0 Å². The van der Waals surface area contributed by atoms with Gasteiger partial charge in [0.1, 0.15) is 6.61 Å². The minimum Gasteiger partial charge on any atom is -0.454 e. The third-order valence-electron chi connectivity index (χ3n) is 5.42. The molecule has 3 aromatic heterocycles. The summed E-state index contributed by atoms with van der Waals surface area (Å²) in [6.07, 6.45) is 4.05. The Morgan fingerprint density at radius 2 is 1.84 bits per heavy atom. The standard InChI is InChI=1S/C23H20N4O4S/c28-20-11-10-17(25-26(20)13-15-6-2-1-3-7-15)22(30)31-14-16-12-21(29)27-18-8-4-5-9-19(18)32-23(27)24-16/h1-3,6-7,10-12H,4-5,8-9,13-14H2. The molecule has 0 amide bonds. The van der Waals surface area contributed by atoms with Crippen LogP contribution in [0.15, 0.2) is 58.1 Å². The SMILES string of the molecule is O=C(OCc1cc(=O)n2c3c(sc2n1)CCCC3)c1ccc(=O)n(Cc2ccccc2)n1. The number of nitrogens with zero attached hydrogens (tertiary/aromatic N) is 4. The molecule has 0 aliphatic heterocycles. The molecule has 0 saturated heterocycles. The minimum atomic E-state index is -0.681. The van der Waals surface area contributed by atoms with Gasteiger partial charge in [-0.3, -0.25) is 14.0 Å². The van der Waals surface area contributed by atoms with Gasteiger partial charge in [-0.15, -0.1) is 11.3 Å². The van der Waals surface area contributed by atoms with Gasteiger partial charge in [0.2, 0.25) is 0 Å². The average Bonchev–Trinajstić information content (AvgIpc) is 3.18. The van der Waals surface area contributed by atoms with Gasteiger partial charge in [0.15, 0.2) is 10.7 Å². The summed E-state index contributed by atoms with van der Waals surface area (Å²) in [5, 5.41) is 4.14. The summed E-state index contributed by atoms with van der Waals surface area (Å²) in [5.74, 6) is -0.681. The molecule has 3 heterocycles. The number of carbonyl (C=O) groups is 1. The van der Waals surface area contributed by atoms with E-state index in [0.29, 0.717) is 10.7 Å². The smallest absolute Gasteiger partial charge is 0.359 e. The summed E-state index contributed by atoms with van der Waals surface area (Å²) in [6.45, 7) is 0.103. The topological polar surface area (TPSA) is 95.6 Å². The maximum atomic E-state index is 12.6. The van der Waals surface area contributed by atoms with E-state index in [1.54, 1.807) is 4.40 Å². The third kappa shape index (κ3) is 3.99. The first-order chi connectivity index (χ1) is 15.6. The summed E-state index contributed by atoms with van der Waals surface area (Å²) >= 11 is 1.52. The molecule has 9 heteroatoms. The second-order valence-corrected chi connectivity index (χ2v) is 8.72. The molecule has 0 radical (unpaired) electrons. The van der Waals surface area contributed by atoms with Crippen molar-refractivity contribution in [3.63, 3.8) is 0 Å². The highest BCUT2D eigenvalue weighted by Gasteiger charge is 2.19. The summed E-state index contributed by atoms with van der Waals surface area (Å²) in [4.78, 5) is 43.7. The van der Waals surface area contributed by atoms with E-state index in [2.05, 4.69) is 10.1 Å². The van der Waals surface area contributed by atoms with Crippen molar-refractivity contribution < 1.29 is 9.53 Å². The molecule has 0 atom stereocenters. The van der Waals surface area contributed by atoms with Crippen molar-refractivity contribution in [3.05, 3.63) is 96.8 Å². The molecular weight excluding hydrogens is 428 g/mol. The first-order valence-electron chi connectivity index (χ1n) is 10.4. The Balaban J connectivity index is 1.33. The number of fused-ring (bicyclic) bond motifs is 3. The van der Waals surface area contributed by atoms with Crippen LogP contribution in [0.25, 0.3) is 4.96 Å². The first-order valence-corrected chi connectivity index (χ1v) is 11.2. The highest BCUT2D eigenvalue weighted by atomic mass is 32.1. The number of hydrogen-bond donors (Lipinski definition) is 0. The van der Waals surface area contributed by atoms with Gasteiger partial charge in [-0.1, -0.05) is 30.3 Å². The lowest BCUT2D eigenvalue weighted by Crippen LogP contribution is -2.25. The minimum absolute atomic E-state index is 0.0184. The van der Waals surface area contributed by atoms with Crippen molar-refractivity contribution in [3.8, 4) is 0 Å². The number of aryl methyl sites for hydroxylation is 2.